The van der Waals surface area contributed by atoms with Gasteiger partial charge in [-0.05, 0) is 40.7 Å². The molecule has 0 radical (unpaired) electrons. The van der Waals surface area contributed by atoms with E-state index in [1.54, 1.807) is 18.2 Å². The molecule has 2 aromatic rings. The smallest absolute Gasteiger partial charge is 0.244 e. The lowest BCUT2D eigenvalue weighted by Gasteiger charge is -2.16. The van der Waals surface area contributed by atoms with Crippen molar-refractivity contribution >= 4 is 34.4 Å². The van der Waals surface area contributed by atoms with E-state index in [0.717, 1.165) is 11.3 Å². The number of hydrogen-bond donors (Lipinski definition) is 1. The molecule has 2 fully saturated rings. The van der Waals surface area contributed by atoms with Crippen LogP contribution in [-0.4, -0.2) is 39.5 Å². The van der Waals surface area contributed by atoms with Gasteiger partial charge in [0.25, 0.3) is 0 Å². The molecule has 3 aliphatic rings. The third-order valence-electron chi connectivity index (χ3n) is 5.42. The lowest BCUT2D eigenvalue weighted by molar-refractivity contribution is -0.143. The zero-order chi connectivity index (χ0) is 17.1. The first-order valence-electron chi connectivity index (χ1n) is 8.18. The summed E-state index contributed by atoms with van der Waals surface area (Å²) < 4.78 is 4.66. The zero-order valence-corrected chi connectivity index (χ0v) is 13.1. The van der Waals surface area contributed by atoms with Gasteiger partial charge in [0.2, 0.25) is 17.7 Å². The van der Waals surface area contributed by atoms with Crippen LogP contribution in [0.15, 0.2) is 35.0 Å². The number of carbonyl (C=O) groups is 3. The van der Waals surface area contributed by atoms with Crippen LogP contribution in [0.3, 0.4) is 0 Å². The van der Waals surface area contributed by atoms with Gasteiger partial charge >= 0.3 is 0 Å². The van der Waals surface area contributed by atoms with Gasteiger partial charge in [0, 0.05) is 0 Å². The Morgan fingerprint density at radius 2 is 1.88 bits per heavy atom. The van der Waals surface area contributed by atoms with Crippen LogP contribution in [0.5, 0.6) is 0 Å². The Kier molecular flexibility index (Phi) is 2.85. The molecule has 1 saturated carbocycles. The molecule has 8 nitrogen and oxygen atoms in total. The molecule has 1 aromatic heterocycles. The molecule has 1 N–H and O–H groups in total. The molecule has 2 heterocycles. The number of benzene rings is 1. The van der Waals surface area contributed by atoms with Gasteiger partial charge in [-0.3, -0.25) is 19.3 Å². The van der Waals surface area contributed by atoms with Crippen LogP contribution < -0.4 is 5.32 Å². The predicted molar refractivity (Wildman–Crippen MR) is 84.9 cm³/mol. The molecular formula is C17H14N4O4. The Hall–Kier alpha value is -3.03. The third-order valence-corrected chi connectivity index (χ3v) is 5.42. The van der Waals surface area contributed by atoms with E-state index in [0.29, 0.717) is 16.7 Å². The summed E-state index contributed by atoms with van der Waals surface area (Å²) in [5.41, 5.74) is 1.38. The Labute approximate surface area is 141 Å². The second kappa shape index (κ2) is 4.98. The lowest BCUT2D eigenvalue weighted by Crippen LogP contribution is -2.39. The van der Waals surface area contributed by atoms with Crippen molar-refractivity contribution in [2.24, 2.45) is 23.7 Å². The fourth-order valence-corrected chi connectivity index (χ4v) is 4.36. The van der Waals surface area contributed by atoms with Crippen molar-refractivity contribution in [1.29, 1.82) is 0 Å². The number of anilines is 1. The number of nitrogens with one attached hydrogen (secondary N) is 1. The minimum Gasteiger partial charge on any atom is -0.322 e. The van der Waals surface area contributed by atoms with Crippen molar-refractivity contribution in [3.63, 3.8) is 0 Å². The highest BCUT2D eigenvalue weighted by atomic mass is 16.6. The molecule has 1 aromatic carbocycles. The minimum atomic E-state index is -0.447. The van der Waals surface area contributed by atoms with Gasteiger partial charge in [-0.1, -0.05) is 18.2 Å². The zero-order valence-electron chi connectivity index (χ0n) is 13.1. The highest BCUT2D eigenvalue weighted by molar-refractivity contribution is 6.10. The average molecular weight is 338 g/mol. The number of rotatable bonds is 3. The number of amides is 3. The molecule has 1 saturated heterocycles. The maximum atomic E-state index is 12.6. The van der Waals surface area contributed by atoms with Crippen molar-refractivity contribution in [3.8, 4) is 0 Å². The van der Waals surface area contributed by atoms with E-state index in [1.807, 2.05) is 12.2 Å². The Bertz CT molecular complexity index is 919. The summed E-state index contributed by atoms with van der Waals surface area (Å²) in [5.74, 6) is -1.23. The molecule has 126 valence electrons. The molecule has 2 bridgehead atoms. The Morgan fingerprint density at radius 3 is 2.60 bits per heavy atom. The van der Waals surface area contributed by atoms with Gasteiger partial charge in [0.1, 0.15) is 12.1 Å². The summed E-state index contributed by atoms with van der Waals surface area (Å²) in [7, 11) is 0. The fraction of sp³-hybridized carbons (Fsp3) is 0.353. The lowest BCUT2D eigenvalue weighted by atomic mass is 9.85. The summed E-state index contributed by atoms with van der Waals surface area (Å²) in [6, 6.07) is 5.08. The predicted octanol–water partition coefficient (Wildman–Crippen LogP) is 0.968. The first kappa shape index (κ1) is 14.3. The number of likely N-dealkylation sites (tertiary alicyclic amines) is 1. The number of carbonyl (C=O) groups excluding carboxylic acids is 3. The second-order valence-electron chi connectivity index (χ2n) is 6.75. The summed E-state index contributed by atoms with van der Waals surface area (Å²) in [4.78, 5) is 38.7. The average Bonchev–Trinajstić information content (AvgIpc) is 3.35. The standard InChI is InChI=1S/C17H14N4O4/c22-12(18-10-2-1-3-11-15(10)20-25-19-11)7-21-16(23)13-8-4-5-9(6-8)14(13)17(21)24/h1-5,8-9,13-14H,6-7H2,(H,18,22)/t8-,9-,13-,14+/m1/s1. The van der Waals surface area contributed by atoms with E-state index in [1.165, 1.54) is 0 Å². The maximum Gasteiger partial charge on any atom is 0.244 e. The summed E-state index contributed by atoms with van der Waals surface area (Å²) in [6.07, 6.45) is 4.92. The molecule has 0 unspecified atom stereocenters. The first-order valence-corrected chi connectivity index (χ1v) is 8.18. The number of nitrogens with zero attached hydrogens (tertiary/aromatic N) is 3. The van der Waals surface area contributed by atoms with E-state index in [2.05, 4.69) is 20.3 Å². The van der Waals surface area contributed by atoms with E-state index >= 15 is 0 Å². The summed E-state index contributed by atoms with van der Waals surface area (Å²) in [5, 5.41) is 10.1. The first-order chi connectivity index (χ1) is 12.1. The van der Waals surface area contributed by atoms with Gasteiger partial charge in [-0.15, -0.1) is 0 Å². The van der Waals surface area contributed by atoms with Gasteiger partial charge in [0.05, 0.1) is 17.5 Å². The molecule has 5 rings (SSSR count). The minimum absolute atomic E-state index is 0.134. The largest absolute Gasteiger partial charge is 0.322 e. The van der Waals surface area contributed by atoms with Gasteiger partial charge in [-0.25, -0.2) is 4.63 Å². The van der Waals surface area contributed by atoms with Crippen LogP contribution in [0.25, 0.3) is 11.0 Å². The van der Waals surface area contributed by atoms with Crippen LogP contribution in [-0.2, 0) is 14.4 Å². The highest BCUT2D eigenvalue weighted by Crippen LogP contribution is 2.52. The van der Waals surface area contributed by atoms with Crippen LogP contribution >= 0.6 is 0 Å². The van der Waals surface area contributed by atoms with E-state index in [-0.39, 0.29) is 42.0 Å². The molecule has 2 aliphatic carbocycles. The molecule has 8 heteroatoms. The topological polar surface area (TPSA) is 105 Å². The third kappa shape index (κ3) is 1.97. The van der Waals surface area contributed by atoms with Gasteiger partial charge in [0.15, 0.2) is 5.52 Å². The number of hydrogen-bond acceptors (Lipinski definition) is 6. The van der Waals surface area contributed by atoms with Crippen LogP contribution in [0, 0.1) is 23.7 Å². The maximum absolute atomic E-state index is 12.6. The molecule has 25 heavy (non-hydrogen) atoms. The number of allylic oxidation sites excluding steroid dienone is 2. The van der Waals surface area contributed by atoms with Gasteiger partial charge < -0.3 is 5.32 Å². The molecule has 1 aliphatic heterocycles. The number of aromatic nitrogens is 2. The second-order valence-corrected chi connectivity index (χ2v) is 6.75. The van der Waals surface area contributed by atoms with Gasteiger partial charge in [-0.2, -0.15) is 0 Å². The SMILES string of the molecule is O=C(CN1C(=O)[C@@H]2[C@H](C1=O)[C@@H]1C=C[C@@H]2C1)Nc1cccc2nonc12. The summed E-state index contributed by atoms with van der Waals surface area (Å²) >= 11 is 0. The molecule has 3 amide bonds. The Balaban J connectivity index is 1.34. The van der Waals surface area contributed by atoms with Crippen molar-refractivity contribution in [1.82, 2.24) is 15.2 Å². The normalized spacial score (nSPS) is 29.7. The van der Waals surface area contributed by atoms with Crippen molar-refractivity contribution in [2.45, 2.75) is 6.42 Å². The van der Waals surface area contributed by atoms with E-state index in [9.17, 15) is 14.4 Å². The number of imide groups is 1. The molecule has 4 atom stereocenters. The van der Waals surface area contributed by atoms with E-state index < -0.39 is 5.91 Å². The quantitative estimate of drug-likeness (QED) is 0.660. The monoisotopic (exact) mass is 338 g/mol. The van der Waals surface area contributed by atoms with Crippen molar-refractivity contribution in [3.05, 3.63) is 30.4 Å². The highest BCUT2D eigenvalue weighted by Gasteiger charge is 2.59. The van der Waals surface area contributed by atoms with E-state index in [4.69, 9.17) is 0 Å². The number of fused-ring (bicyclic) bond motifs is 6. The molecule has 0 spiro atoms. The van der Waals surface area contributed by atoms with Crippen LogP contribution in [0.1, 0.15) is 6.42 Å². The van der Waals surface area contributed by atoms with Crippen LogP contribution in [0.4, 0.5) is 5.69 Å². The molecular weight excluding hydrogens is 324 g/mol. The Morgan fingerprint density at radius 1 is 1.16 bits per heavy atom. The summed E-state index contributed by atoms with van der Waals surface area (Å²) in [6.45, 7) is -0.286. The van der Waals surface area contributed by atoms with Crippen LogP contribution in [0.2, 0.25) is 0 Å². The van der Waals surface area contributed by atoms with Crippen molar-refractivity contribution in [2.75, 3.05) is 11.9 Å². The van der Waals surface area contributed by atoms with Crippen molar-refractivity contribution < 1.29 is 19.0 Å². The fourth-order valence-electron chi connectivity index (χ4n) is 4.36.